The molecule has 0 aliphatic heterocycles. The van der Waals surface area contributed by atoms with Crippen molar-refractivity contribution in [2.45, 2.75) is 0 Å². The number of nitrogens with zero attached hydrogens (tertiary/aromatic N) is 5. The number of aromatic nitrogens is 4. The topological polar surface area (TPSA) is 54.8 Å². The van der Waals surface area contributed by atoms with Gasteiger partial charge >= 0.3 is 0 Å². The van der Waals surface area contributed by atoms with Gasteiger partial charge in [0.15, 0.2) is 0 Å². The fraction of sp³-hybridized carbons (Fsp3) is 0. The van der Waals surface area contributed by atoms with Crippen LogP contribution in [0, 0.1) is 0 Å². The maximum Gasteiger partial charge on any atom is 0.0965 e. The smallest absolute Gasteiger partial charge is 0.0965 e. The molecule has 10 rings (SSSR count). The highest BCUT2D eigenvalue weighted by Gasteiger charge is 2.16. The maximum absolute atomic E-state index is 5.05. The molecule has 0 amide bonds. The number of pyridine rings is 4. The van der Waals surface area contributed by atoms with Crippen molar-refractivity contribution in [3.63, 3.8) is 0 Å². The highest BCUT2D eigenvalue weighted by molar-refractivity contribution is 5.94. The van der Waals surface area contributed by atoms with Crippen molar-refractivity contribution in [1.82, 2.24) is 19.9 Å². The summed E-state index contributed by atoms with van der Waals surface area (Å²) in [5, 5.41) is 2.25. The fourth-order valence-electron chi connectivity index (χ4n) is 7.34. The van der Waals surface area contributed by atoms with E-state index in [0.29, 0.717) is 0 Å². The number of fused-ring (bicyclic) bond motifs is 3. The highest BCUT2D eigenvalue weighted by atomic mass is 15.1. The first-order chi connectivity index (χ1) is 27.2. The molecule has 0 aliphatic carbocycles. The number of benzene rings is 6. The number of hydrogen-bond acceptors (Lipinski definition) is 5. The van der Waals surface area contributed by atoms with E-state index >= 15 is 0 Å². The van der Waals surface area contributed by atoms with Crippen molar-refractivity contribution < 1.29 is 0 Å². The van der Waals surface area contributed by atoms with Gasteiger partial charge in [0.2, 0.25) is 0 Å². The van der Waals surface area contributed by atoms with E-state index in [1.165, 1.54) is 0 Å². The molecule has 258 valence electrons. The molecule has 0 atom stereocenters. The van der Waals surface area contributed by atoms with Crippen LogP contribution in [0.3, 0.4) is 0 Å². The van der Waals surface area contributed by atoms with Gasteiger partial charge in [-0.05, 0) is 95.6 Å². The summed E-state index contributed by atoms with van der Waals surface area (Å²) in [4.78, 5) is 21.5. The minimum atomic E-state index is 0.868. The molecule has 4 heterocycles. The van der Waals surface area contributed by atoms with Crippen LogP contribution < -0.4 is 4.90 Å². The first kappa shape index (κ1) is 32.2. The van der Waals surface area contributed by atoms with Gasteiger partial charge in [-0.15, -0.1) is 0 Å². The summed E-state index contributed by atoms with van der Waals surface area (Å²) in [5.74, 6) is 0. The van der Waals surface area contributed by atoms with Gasteiger partial charge in [0, 0.05) is 68.7 Å². The monoisotopic (exact) mass is 703 g/mol. The standard InChI is InChI=1S/C50H33N5/c1-2-9-36(10-3-1)45-31-49(54-48-15-8-28-51-50(45)48)37-20-26-44(27-21-37)55(42-22-16-34(17-23-42)40-29-38-11-4-6-13-46(38)52-32-40)43-24-18-35(19-25-43)41-30-39-12-5-7-14-47(39)53-33-41/h1-33H. The molecule has 0 aliphatic rings. The third-order valence-corrected chi connectivity index (χ3v) is 10.2. The lowest BCUT2D eigenvalue weighted by Gasteiger charge is -2.26. The van der Waals surface area contributed by atoms with Crippen LogP contribution in [0.4, 0.5) is 17.1 Å². The van der Waals surface area contributed by atoms with Crippen molar-refractivity contribution in [2.24, 2.45) is 0 Å². The van der Waals surface area contributed by atoms with E-state index in [4.69, 9.17) is 19.9 Å². The molecule has 0 fully saturated rings. The van der Waals surface area contributed by atoms with Crippen molar-refractivity contribution in [3.05, 3.63) is 201 Å². The van der Waals surface area contributed by atoms with E-state index in [-0.39, 0.29) is 0 Å². The van der Waals surface area contributed by atoms with Crippen LogP contribution in [-0.4, -0.2) is 19.9 Å². The van der Waals surface area contributed by atoms with Crippen molar-refractivity contribution in [3.8, 4) is 44.6 Å². The molecule has 10 aromatic rings. The lowest BCUT2D eigenvalue weighted by molar-refractivity contribution is 1.28. The first-order valence-corrected chi connectivity index (χ1v) is 18.4. The number of rotatable bonds is 7. The molecular weight excluding hydrogens is 671 g/mol. The molecule has 0 spiro atoms. The van der Waals surface area contributed by atoms with Crippen molar-refractivity contribution in [2.75, 3.05) is 4.90 Å². The van der Waals surface area contributed by atoms with Gasteiger partial charge in [-0.1, -0.05) is 103 Å². The Kier molecular flexibility index (Phi) is 8.08. The first-order valence-electron chi connectivity index (χ1n) is 18.4. The summed E-state index contributed by atoms with van der Waals surface area (Å²) in [5.41, 5.74) is 15.4. The van der Waals surface area contributed by atoms with Crippen LogP contribution >= 0.6 is 0 Å². The van der Waals surface area contributed by atoms with E-state index in [9.17, 15) is 0 Å². The van der Waals surface area contributed by atoms with Crippen molar-refractivity contribution >= 4 is 49.9 Å². The second kappa shape index (κ2) is 13.8. The van der Waals surface area contributed by atoms with Crippen LogP contribution in [0.5, 0.6) is 0 Å². The van der Waals surface area contributed by atoms with Gasteiger partial charge < -0.3 is 4.90 Å². The second-order valence-electron chi connectivity index (χ2n) is 13.6. The molecule has 0 saturated carbocycles. The minimum Gasteiger partial charge on any atom is -0.311 e. The number of hydrogen-bond donors (Lipinski definition) is 0. The largest absolute Gasteiger partial charge is 0.311 e. The van der Waals surface area contributed by atoms with Crippen LogP contribution in [-0.2, 0) is 0 Å². The third kappa shape index (κ3) is 6.24. The Labute approximate surface area is 318 Å². The Morgan fingerprint density at radius 2 is 0.836 bits per heavy atom. The van der Waals surface area contributed by atoms with E-state index in [1.54, 1.807) is 0 Å². The molecule has 6 aromatic carbocycles. The van der Waals surface area contributed by atoms with Gasteiger partial charge in [0.05, 0.1) is 27.8 Å². The van der Waals surface area contributed by atoms with Gasteiger partial charge in [0.25, 0.3) is 0 Å². The average Bonchev–Trinajstić information content (AvgIpc) is 3.27. The molecule has 5 nitrogen and oxygen atoms in total. The molecule has 0 radical (unpaired) electrons. The lowest BCUT2D eigenvalue weighted by atomic mass is 10.0. The summed E-state index contributed by atoms with van der Waals surface area (Å²) < 4.78 is 0. The molecule has 0 bridgehead atoms. The summed E-state index contributed by atoms with van der Waals surface area (Å²) in [6.07, 6.45) is 5.73. The average molecular weight is 704 g/mol. The Morgan fingerprint density at radius 1 is 0.345 bits per heavy atom. The fourth-order valence-corrected chi connectivity index (χ4v) is 7.34. The van der Waals surface area contributed by atoms with Gasteiger partial charge in [-0.2, -0.15) is 0 Å². The Balaban J connectivity index is 1.03. The zero-order valence-corrected chi connectivity index (χ0v) is 29.8. The third-order valence-electron chi connectivity index (χ3n) is 10.2. The molecule has 5 heteroatoms. The zero-order chi connectivity index (χ0) is 36.6. The summed E-state index contributed by atoms with van der Waals surface area (Å²) in [6.45, 7) is 0. The summed E-state index contributed by atoms with van der Waals surface area (Å²) in [7, 11) is 0. The van der Waals surface area contributed by atoms with Crippen LogP contribution in [0.2, 0.25) is 0 Å². The minimum absolute atomic E-state index is 0.868. The highest BCUT2D eigenvalue weighted by Crippen LogP contribution is 2.39. The summed E-state index contributed by atoms with van der Waals surface area (Å²) in [6, 6.07) is 63.5. The quantitative estimate of drug-likeness (QED) is 0.165. The van der Waals surface area contributed by atoms with Gasteiger partial charge in [-0.3, -0.25) is 15.0 Å². The Bertz CT molecular complexity index is 2840. The summed E-state index contributed by atoms with van der Waals surface area (Å²) >= 11 is 0. The number of anilines is 3. The SMILES string of the molecule is c1ccc(-c2cc(-c3ccc(N(c4ccc(-c5cnc6ccccc6c5)cc4)c4ccc(-c5cnc6ccccc6c5)cc4)cc3)nc3cccnc23)cc1. The molecular formula is C50H33N5. The van der Waals surface area contributed by atoms with E-state index < -0.39 is 0 Å². The number of para-hydroxylation sites is 2. The van der Waals surface area contributed by atoms with E-state index in [1.807, 2.05) is 61.1 Å². The van der Waals surface area contributed by atoms with E-state index in [2.05, 4.69) is 144 Å². The normalized spacial score (nSPS) is 11.3. The molecule has 55 heavy (non-hydrogen) atoms. The lowest BCUT2D eigenvalue weighted by Crippen LogP contribution is -2.09. The van der Waals surface area contributed by atoms with E-state index in [0.717, 1.165) is 94.5 Å². The van der Waals surface area contributed by atoms with Gasteiger partial charge in [0.1, 0.15) is 0 Å². The van der Waals surface area contributed by atoms with Gasteiger partial charge in [-0.25, -0.2) is 4.98 Å². The van der Waals surface area contributed by atoms with Crippen molar-refractivity contribution in [1.29, 1.82) is 0 Å². The molecule has 0 unspecified atom stereocenters. The Hall–Kier alpha value is -7.50. The molecule has 0 saturated heterocycles. The predicted molar refractivity (Wildman–Crippen MR) is 227 cm³/mol. The van der Waals surface area contributed by atoms with Crippen LogP contribution in [0.1, 0.15) is 0 Å². The Morgan fingerprint density at radius 3 is 1.40 bits per heavy atom. The maximum atomic E-state index is 5.05. The van der Waals surface area contributed by atoms with Crippen LogP contribution in [0.15, 0.2) is 201 Å². The predicted octanol–water partition coefficient (Wildman–Crippen LogP) is 12.9. The molecule has 0 N–H and O–H groups in total. The van der Waals surface area contributed by atoms with Crippen LogP contribution in [0.25, 0.3) is 77.5 Å². The molecule has 4 aromatic heterocycles. The zero-order valence-electron chi connectivity index (χ0n) is 29.8. The second-order valence-corrected chi connectivity index (χ2v) is 13.6.